The molecule has 20 heavy (non-hydrogen) atoms. The molecule has 3 N–H and O–H groups in total. The van der Waals surface area contributed by atoms with Gasteiger partial charge in [0.2, 0.25) is 0 Å². The molecule has 1 aromatic carbocycles. The van der Waals surface area contributed by atoms with Gasteiger partial charge in [0.1, 0.15) is 5.76 Å². The number of nitrogens with two attached hydrogens (primary N) is 1. The zero-order valence-electron chi connectivity index (χ0n) is 10.2. The standard InChI is InChI=1S/C12H9F3N4O/c1-5-10(11(16)19-20-5)7-2-6(12(13,14)15)3-9-8(7)4-17-18-9/h2-4H,1H3,(H2,16,19)(H,17,18). The highest BCUT2D eigenvalue weighted by Gasteiger charge is 2.32. The minimum absolute atomic E-state index is 0.0457. The zero-order valence-corrected chi connectivity index (χ0v) is 10.2. The molecule has 0 aliphatic heterocycles. The Morgan fingerprint density at radius 3 is 2.65 bits per heavy atom. The van der Waals surface area contributed by atoms with Crippen LogP contribution in [0.25, 0.3) is 22.0 Å². The number of hydrogen-bond donors (Lipinski definition) is 2. The molecule has 0 aliphatic carbocycles. The summed E-state index contributed by atoms with van der Waals surface area (Å²) in [6, 6.07) is 2.03. The fraction of sp³-hybridized carbons (Fsp3) is 0.167. The Bertz CT molecular complexity index is 768. The van der Waals surface area contributed by atoms with Crippen molar-refractivity contribution in [3.8, 4) is 11.1 Å². The molecular weight excluding hydrogens is 273 g/mol. The van der Waals surface area contributed by atoms with Gasteiger partial charge in [-0.2, -0.15) is 18.3 Å². The molecule has 0 fully saturated rings. The Morgan fingerprint density at radius 1 is 1.30 bits per heavy atom. The molecule has 0 unspecified atom stereocenters. The number of aryl methyl sites for hydroxylation is 1. The lowest BCUT2D eigenvalue weighted by atomic mass is 9.99. The quantitative estimate of drug-likeness (QED) is 0.718. The molecule has 0 spiro atoms. The number of nitrogen functional groups attached to an aromatic ring is 1. The number of hydrogen-bond acceptors (Lipinski definition) is 4. The lowest BCUT2D eigenvalue weighted by Crippen LogP contribution is -2.05. The first-order valence-corrected chi connectivity index (χ1v) is 5.64. The average molecular weight is 282 g/mol. The van der Waals surface area contributed by atoms with Crippen molar-refractivity contribution in [1.82, 2.24) is 15.4 Å². The van der Waals surface area contributed by atoms with Crippen LogP contribution in [0.4, 0.5) is 19.0 Å². The van der Waals surface area contributed by atoms with E-state index in [2.05, 4.69) is 15.4 Å². The molecule has 0 aliphatic rings. The van der Waals surface area contributed by atoms with Crippen molar-refractivity contribution in [2.45, 2.75) is 13.1 Å². The molecule has 0 radical (unpaired) electrons. The van der Waals surface area contributed by atoms with Crippen LogP contribution in [0.15, 0.2) is 22.9 Å². The van der Waals surface area contributed by atoms with E-state index in [0.29, 0.717) is 22.3 Å². The van der Waals surface area contributed by atoms with Crippen LogP contribution in [0.2, 0.25) is 0 Å². The summed E-state index contributed by atoms with van der Waals surface area (Å²) >= 11 is 0. The van der Waals surface area contributed by atoms with E-state index in [0.717, 1.165) is 12.1 Å². The van der Waals surface area contributed by atoms with Gasteiger partial charge in [-0.05, 0) is 19.1 Å². The second-order valence-corrected chi connectivity index (χ2v) is 4.35. The van der Waals surface area contributed by atoms with Gasteiger partial charge in [0.15, 0.2) is 5.82 Å². The van der Waals surface area contributed by atoms with Gasteiger partial charge in [0.25, 0.3) is 0 Å². The number of nitrogens with zero attached hydrogens (tertiary/aromatic N) is 2. The Morgan fingerprint density at radius 2 is 2.05 bits per heavy atom. The van der Waals surface area contributed by atoms with Crippen molar-refractivity contribution in [2.75, 3.05) is 5.73 Å². The van der Waals surface area contributed by atoms with Crippen LogP contribution >= 0.6 is 0 Å². The first-order valence-electron chi connectivity index (χ1n) is 5.64. The second-order valence-electron chi connectivity index (χ2n) is 4.35. The maximum Gasteiger partial charge on any atom is 0.416 e. The first kappa shape index (κ1) is 12.5. The highest BCUT2D eigenvalue weighted by Crippen LogP contribution is 2.39. The van der Waals surface area contributed by atoms with E-state index in [4.69, 9.17) is 10.3 Å². The third kappa shape index (κ3) is 1.80. The number of rotatable bonds is 1. The largest absolute Gasteiger partial charge is 0.416 e. The molecule has 8 heteroatoms. The van der Waals surface area contributed by atoms with Crippen LogP contribution < -0.4 is 5.73 Å². The molecule has 2 heterocycles. The number of fused-ring (bicyclic) bond motifs is 1. The Hall–Kier alpha value is -2.51. The molecule has 3 rings (SSSR count). The fourth-order valence-electron chi connectivity index (χ4n) is 2.14. The van der Waals surface area contributed by atoms with Crippen molar-refractivity contribution in [1.29, 1.82) is 0 Å². The first-order chi connectivity index (χ1) is 9.38. The van der Waals surface area contributed by atoms with Gasteiger partial charge in [-0.15, -0.1) is 0 Å². The van der Waals surface area contributed by atoms with Crippen LogP contribution in [0, 0.1) is 6.92 Å². The number of aromatic nitrogens is 3. The van der Waals surface area contributed by atoms with Gasteiger partial charge < -0.3 is 10.3 Å². The minimum Gasteiger partial charge on any atom is -0.380 e. The summed E-state index contributed by atoms with van der Waals surface area (Å²) in [7, 11) is 0. The molecule has 0 bridgehead atoms. The third-order valence-corrected chi connectivity index (χ3v) is 3.04. The number of H-pyrrole nitrogens is 1. The van der Waals surface area contributed by atoms with Gasteiger partial charge >= 0.3 is 6.18 Å². The van der Waals surface area contributed by atoms with E-state index in [1.807, 2.05) is 0 Å². The molecule has 0 saturated carbocycles. The van der Waals surface area contributed by atoms with E-state index < -0.39 is 11.7 Å². The lowest BCUT2D eigenvalue weighted by Gasteiger charge is -2.10. The zero-order chi connectivity index (χ0) is 14.5. The van der Waals surface area contributed by atoms with Gasteiger partial charge in [-0.1, -0.05) is 5.16 Å². The van der Waals surface area contributed by atoms with Crippen LogP contribution in [0.5, 0.6) is 0 Å². The highest BCUT2D eigenvalue weighted by atomic mass is 19.4. The second kappa shape index (κ2) is 3.99. The average Bonchev–Trinajstić information content (AvgIpc) is 2.94. The molecule has 0 saturated heterocycles. The fourth-order valence-corrected chi connectivity index (χ4v) is 2.14. The number of benzene rings is 1. The van der Waals surface area contributed by atoms with Crippen LogP contribution in [0.1, 0.15) is 11.3 Å². The number of anilines is 1. The Kier molecular flexibility index (Phi) is 2.50. The number of alkyl halides is 3. The minimum atomic E-state index is -4.46. The number of aromatic amines is 1. The van der Waals surface area contributed by atoms with E-state index in [1.165, 1.54) is 6.20 Å². The van der Waals surface area contributed by atoms with Crippen LogP contribution in [-0.4, -0.2) is 15.4 Å². The maximum atomic E-state index is 12.9. The van der Waals surface area contributed by atoms with Gasteiger partial charge in [0, 0.05) is 10.9 Å². The van der Waals surface area contributed by atoms with Gasteiger partial charge in [-0.3, -0.25) is 5.10 Å². The van der Waals surface area contributed by atoms with E-state index in [9.17, 15) is 13.2 Å². The smallest absolute Gasteiger partial charge is 0.380 e. The maximum absolute atomic E-state index is 12.9. The Balaban J connectivity index is 2.37. The van der Waals surface area contributed by atoms with E-state index in [1.54, 1.807) is 6.92 Å². The topological polar surface area (TPSA) is 80.7 Å². The summed E-state index contributed by atoms with van der Waals surface area (Å²) in [5, 5.41) is 10.4. The van der Waals surface area contributed by atoms with Crippen LogP contribution in [0.3, 0.4) is 0 Å². The predicted molar refractivity (Wildman–Crippen MR) is 65.7 cm³/mol. The van der Waals surface area contributed by atoms with Crippen molar-refractivity contribution in [3.63, 3.8) is 0 Å². The SMILES string of the molecule is Cc1onc(N)c1-c1cc(C(F)(F)F)cc2[nH]ncc12. The molecular formula is C12H9F3N4O. The molecule has 104 valence electrons. The summed E-state index contributed by atoms with van der Waals surface area (Å²) < 4.78 is 43.7. The van der Waals surface area contributed by atoms with Gasteiger partial charge in [0.05, 0.1) is 22.8 Å². The normalized spacial score (nSPS) is 12.2. The van der Waals surface area contributed by atoms with Crippen molar-refractivity contribution in [2.24, 2.45) is 0 Å². The lowest BCUT2D eigenvalue weighted by molar-refractivity contribution is -0.137. The van der Waals surface area contributed by atoms with Crippen LogP contribution in [-0.2, 0) is 6.18 Å². The molecule has 0 amide bonds. The third-order valence-electron chi connectivity index (χ3n) is 3.04. The summed E-state index contributed by atoms with van der Waals surface area (Å²) in [5.41, 5.74) is 5.80. The van der Waals surface area contributed by atoms with Crippen molar-refractivity contribution >= 4 is 16.7 Å². The van der Waals surface area contributed by atoms with Gasteiger partial charge in [-0.25, -0.2) is 0 Å². The summed E-state index contributed by atoms with van der Waals surface area (Å²) in [5.74, 6) is 0.397. The summed E-state index contributed by atoms with van der Waals surface area (Å²) in [6.45, 7) is 1.59. The number of nitrogens with one attached hydrogen (secondary N) is 1. The molecule has 2 aromatic heterocycles. The Labute approximate surface area is 110 Å². The molecule has 5 nitrogen and oxygen atoms in total. The summed E-state index contributed by atoms with van der Waals surface area (Å²) in [4.78, 5) is 0. The number of halogens is 3. The molecule has 3 aromatic rings. The monoisotopic (exact) mass is 282 g/mol. The van der Waals surface area contributed by atoms with Crippen molar-refractivity contribution in [3.05, 3.63) is 29.7 Å². The molecule has 0 atom stereocenters. The summed E-state index contributed by atoms with van der Waals surface area (Å²) in [6.07, 6.45) is -3.02. The van der Waals surface area contributed by atoms with E-state index in [-0.39, 0.29) is 11.3 Å². The van der Waals surface area contributed by atoms with Crippen molar-refractivity contribution < 1.29 is 17.7 Å². The predicted octanol–water partition coefficient (Wildman–Crippen LogP) is 3.13. The van der Waals surface area contributed by atoms with E-state index >= 15 is 0 Å². The highest BCUT2D eigenvalue weighted by molar-refractivity contribution is 5.98.